The van der Waals surface area contributed by atoms with Gasteiger partial charge in [-0.05, 0) is 46.7 Å². The van der Waals surface area contributed by atoms with Gasteiger partial charge in [0.2, 0.25) is 0 Å². The van der Waals surface area contributed by atoms with E-state index in [-0.39, 0.29) is 5.56 Å². The van der Waals surface area contributed by atoms with Crippen LogP contribution in [0.15, 0.2) is 79.0 Å². The van der Waals surface area contributed by atoms with Crippen molar-refractivity contribution < 1.29 is 13.2 Å². The van der Waals surface area contributed by atoms with Crippen LogP contribution in [-0.2, 0) is 5.41 Å². The van der Waals surface area contributed by atoms with Gasteiger partial charge in [-0.25, -0.2) is 0 Å². The molecule has 0 saturated carbocycles. The Morgan fingerprint density at radius 1 is 0.750 bits per heavy atom. The number of rotatable bonds is 1. The second-order valence-corrected chi connectivity index (χ2v) is 7.35. The summed E-state index contributed by atoms with van der Waals surface area (Å²) in [6, 6.07) is 21.8. The van der Waals surface area contributed by atoms with Crippen LogP contribution in [0.4, 0.5) is 13.2 Å². The Labute approximate surface area is 160 Å². The molecule has 4 heteroatoms. The highest BCUT2D eigenvalue weighted by Crippen LogP contribution is 2.56. The molecule has 1 aliphatic rings. The highest BCUT2D eigenvalue weighted by atomic mass is 19.4. The molecule has 0 amide bonds. The molecule has 0 radical (unpaired) electrons. The number of alkyl halides is 3. The summed E-state index contributed by atoms with van der Waals surface area (Å²) in [5.74, 6) is 0. The lowest BCUT2D eigenvalue weighted by atomic mass is 9.79. The summed E-state index contributed by atoms with van der Waals surface area (Å²) in [7, 11) is 0. The van der Waals surface area contributed by atoms with Crippen molar-refractivity contribution in [1.29, 1.82) is 0 Å². The van der Waals surface area contributed by atoms with Crippen molar-refractivity contribution in [2.24, 2.45) is 0 Å². The van der Waals surface area contributed by atoms with E-state index in [4.69, 9.17) is 0 Å². The molecular formula is C24H16F3N. The minimum Gasteiger partial charge on any atom is -0.256 e. The number of pyridine rings is 1. The van der Waals surface area contributed by atoms with Gasteiger partial charge in [-0.1, -0.05) is 60.7 Å². The predicted molar refractivity (Wildman–Crippen MR) is 105 cm³/mol. The van der Waals surface area contributed by atoms with Crippen molar-refractivity contribution in [3.8, 4) is 22.4 Å². The standard InChI is InChI=1S/C24H16F3N/c1-23(24(25,26)27)20-9-5-4-8-18(20)19-11-10-16(12-21(19)23)22-13-15-6-2-3-7-17(15)14-28-22/h2-14H,1H3. The Bertz CT molecular complexity index is 1230. The summed E-state index contributed by atoms with van der Waals surface area (Å²) in [5.41, 5.74) is 1.20. The Balaban J connectivity index is 1.74. The lowest BCUT2D eigenvalue weighted by molar-refractivity contribution is -0.172. The van der Waals surface area contributed by atoms with E-state index in [1.807, 2.05) is 36.4 Å². The smallest absolute Gasteiger partial charge is 0.256 e. The van der Waals surface area contributed by atoms with Crippen LogP contribution in [-0.4, -0.2) is 11.2 Å². The first-order chi connectivity index (χ1) is 13.4. The van der Waals surface area contributed by atoms with E-state index in [9.17, 15) is 13.2 Å². The summed E-state index contributed by atoms with van der Waals surface area (Å²) in [6.07, 6.45) is -2.64. The monoisotopic (exact) mass is 375 g/mol. The summed E-state index contributed by atoms with van der Waals surface area (Å²) in [6.45, 7) is 1.27. The molecular weight excluding hydrogens is 359 g/mol. The first-order valence-electron chi connectivity index (χ1n) is 9.06. The van der Waals surface area contributed by atoms with Gasteiger partial charge in [0.25, 0.3) is 0 Å². The number of fused-ring (bicyclic) bond motifs is 4. The van der Waals surface area contributed by atoms with Crippen LogP contribution in [0, 0.1) is 0 Å². The molecule has 4 aromatic rings. The Morgan fingerprint density at radius 3 is 2.21 bits per heavy atom. The number of aromatic nitrogens is 1. The molecule has 1 unspecified atom stereocenters. The molecule has 28 heavy (non-hydrogen) atoms. The SMILES string of the molecule is CC1(C(F)(F)F)c2ccccc2-c2ccc(-c3cc4ccccc4cn3)cc21. The van der Waals surface area contributed by atoms with Crippen molar-refractivity contribution in [1.82, 2.24) is 4.98 Å². The number of hydrogen-bond acceptors (Lipinski definition) is 1. The van der Waals surface area contributed by atoms with Crippen LogP contribution >= 0.6 is 0 Å². The van der Waals surface area contributed by atoms with Gasteiger partial charge in [-0.3, -0.25) is 4.98 Å². The maximum Gasteiger partial charge on any atom is 0.402 e. The highest BCUT2D eigenvalue weighted by molar-refractivity contribution is 5.87. The number of halogens is 3. The third-order valence-electron chi connectivity index (χ3n) is 5.81. The number of benzene rings is 3. The quantitative estimate of drug-likeness (QED) is 0.359. The minimum atomic E-state index is -4.40. The molecule has 1 heterocycles. The van der Waals surface area contributed by atoms with Crippen molar-refractivity contribution in [2.45, 2.75) is 18.5 Å². The molecule has 1 aliphatic carbocycles. The van der Waals surface area contributed by atoms with Crippen LogP contribution in [0.25, 0.3) is 33.2 Å². The average molecular weight is 375 g/mol. The summed E-state index contributed by atoms with van der Waals surface area (Å²) >= 11 is 0. The molecule has 0 aliphatic heterocycles. The number of hydrogen-bond donors (Lipinski definition) is 0. The first kappa shape index (κ1) is 17.0. The fourth-order valence-electron chi connectivity index (χ4n) is 4.20. The van der Waals surface area contributed by atoms with Gasteiger partial charge >= 0.3 is 6.18 Å². The molecule has 3 aromatic carbocycles. The molecule has 1 aromatic heterocycles. The van der Waals surface area contributed by atoms with Gasteiger partial charge in [0.1, 0.15) is 5.41 Å². The van der Waals surface area contributed by atoms with Crippen molar-refractivity contribution in [3.05, 3.63) is 90.1 Å². The average Bonchev–Trinajstić information content (AvgIpc) is 2.97. The van der Waals surface area contributed by atoms with Gasteiger partial charge in [-0.2, -0.15) is 13.2 Å². The van der Waals surface area contributed by atoms with E-state index >= 15 is 0 Å². The molecule has 0 bridgehead atoms. The van der Waals surface area contributed by atoms with Crippen LogP contribution in [0.3, 0.4) is 0 Å². The van der Waals surface area contributed by atoms with Crippen molar-refractivity contribution >= 4 is 10.8 Å². The van der Waals surface area contributed by atoms with E-state index in [0.717, 1.165) is 10.8 Å². The van der Waals surface area contributed by atoms with E-state index in [1.54, 1.807) is 42.6 Å². The summed E-state index contributed by atoms with van der Waals surface area (Å²) in [5, 5.41) is 2.01. The fourth-order valence-corrected chi connectivity index (χ4v) is 4.20. The lowest BCUT2D eigenvalue weighted by Crippen LogP contribution is -2.38. The first-order valence-corrected chi connectivity index (χ1v) is 9.06. The normalized spacial score (nSPS) is 18.1. The third-order valence-corrected chi connectivity index (χ3v) is 5.81. The van der Waals surface area contributed by atoms with Gasteiger partial charge in [-0.15, -0.1) is 0 Å². The molecule has 0 N–H and O–H groups in total. The van der Waals surface area contributed by atoms with E-state index in [1.165, 1.54) is 6.92 Å². The fraction of sp³-hybridized carbons (Fsp3) is 0.125. The Kier molecular flexibility index (Phi) is 3.45. The van der Waals surface area contributed by atoms with E-state index in [2.05, 4.69) is 4.98 Å². The second kappa shape index (κ2) is 5.68. The maximum atomic E-state index is 14.2. The summed E-state index contributed by atoms with van der Waals surface area (Å²) in [4.78, 5) is 4.48. The van der Waals surface area contributed by atoms with E-state index < -0.39 is 11.6 Å². The van der Waals surface area contributed by atoms with Gasteiger partial charge < -0.3 is 0 Å². The minimum absolute atomic E-state index is 0.286. The highest BCUT2D eigenvalue weighted by Gasteiger charge is 2.58. The molecule has 138 valence electrons. The predicted octanol–water partition coefficient (Wildman–Crippen LogP) is 6.75. The van der Waals surface area contributed by atoms with Crippen LogP contribution in [0.1, 0.15) is 18.1 Å². The number of nitrogens with zero attached hydrogens (tertiary/aromatic N) is 1. The molecule has 0 spiro atoms. The van der Waals surface area contributed by atoms with Crippen LogP contribution < -0.4 is 0 Å². The Hall–Kier alpha value is -3.14. The zero-order chi connectivity index (χ0) is 19.5. The van der Waals surface area contributed by atoms with Crippen LogP contribution in [0.5, 0.6) is 0 Å². The molecule has 0 fully saturated rings. The van der Waals surface area contributed by atoms with Crippen LogP contribution in [0.2, 0.25) is 0 Å². The molecule has 1 nitrogen and oxygen atoms in total. The molecule has 0 saturated heterocycles. The second-order valence-electron chi connectivity index (χ2n) is 7.35. The Morgan fingerprint density at radius 2 is 1.43 bits per heavy atom. The van der Waals surface area contributed by atoms with Gasteiger partial charge in [0, 0.05) is 17.1 Å². The zero-order valence-corrected chi connectivity index (χ0v) is 15.1. The zero-order valence-electron chi connectivity index (χ0n) is 15.1. The molecule has 1 atom stereocenters. The van der Waals surface area contributed by atoms with Crippen molar-refractivity contribution in [3.63, 3.8) is 0 Å². The van der Waals surface area contributed by atoms with Gasteiger partial charge in [0.05, 0.1) is 5.69 Å². The topological polar surface area (TPSA) is 12.9 Å². The molecule has 5 rings (SSSR count). The third kappa shape index (κ3) is 2.24. The largest absolute Gasteiger partial charge is 0.402 e. The van der Waals surface area contributed by atoms with Crippen molar-refractivity contribution in [2.75, 3.05) is 0 Å². The van der Waals surface area contributed by atoms with E-state index in [0.29, 0.717) is 27.9 Å². The lowest BCUT2D eigenvalue weighted by Gasteiger charge is -2.30. The van der Waals surface area contributed by atoms with Gasteiger partial charge in [0.15, 0.2) is 0 Å². The maximum absolute atomic E-state index is 14.2. The summed E-state index contributed by atoms with van der Waals surface area (Å²) < 4.78 is 42.7.